The summed E-state index contributed by atoms with van der Waals surface area (Å²) in [7, 11) is 1.67. The van der Waals surface area contributed by atoms with E-state index in [1.165, 1.54) is 6.33 Å². The van der Waals surface area contributed by atoms with Crippen molar-refractivity contribution in [2.75, 3.05) is 12.4 Å². The van der Waals surface area contributed by atoms with Crippen LogP contribution in [0.15, 0.2) is 83.5 Å². The van der Waals surface area contributed by atoms with Crippen molar-refractivity contribution in [1.29, 1.82) is 0 Å². The van der Waals surface area contributed by atoms with Gasteiger partial charge in [-0.3, -0.25) is 14.4 Å². The van der Waals surface area contributed by atoms with Gasteiger partial charge in [-0.1, -0.05) is 36.0 Å². The van der Waals surface area contributed by atoms with Crippen LogP contribution in [0.2, 0.25) is 0 Å². The van der Waals surface area contributed by atoms with Crippen LogP contribution in [0.1, 0.15) is 17.1 Å². The van der Waals surface area contributed by atoms with Crippen LogP contribution in [0.4, 0.5) is 5.69 Å². The van der Waals surface area contributed by atoms with Crippen molar-refractivity contribution in [3.8, 4) is 17.1 Å². The number of aryl methyl sites for hydroxylation is 1. The zero-order valence-electron chi connectivity index (χ0n) is 20.3. The van der Waals surface area contributed by atoms with E-state index >= 15 is 0 Å². The van der Waals surface area contributed by atoms with Gasteiger partial charge in [0.05, 0.1) is 17.5 Å². The number of H-pyrrole nitrogens is 1. The molecule has 0 saturated carbocycles. The first kappa shape index (κ1) is 23.6. The van der Waals surface area contributed by atoms with E-state index in [-0.39, 0.29) is 12.3 Å². The molecule has 4 heterocycles. The quantitative estimate of drug-likeness (QED) is 0.242. The van der Waals surface area contributed by atoms with E-state index in [0.717, 1.165) is 39.4 Å². The Morgan fingerprint density at radius 1 is 1.22 bits per heavy atom. The molecule has 2 N–H and O–H groups in total. The van der Waals surface area contributed by atoms with Crippen molar-refractivity contribution < 1.29 is 9.32 Å². The van der Waals surface area contributed by atoms with Gasteiger partial charge in [-0.05, 0) is 30.7 Å². The Hall–Kier alpha value is -5.12. The second kappa shape index (κ2) is 10.2. The topological polar surface area (TPSA) is 127 Å². The molecule has 0 aliphatic carbocycles. The van der Waals surface area contributed by atoms with Crippen molar-refractivity contribution in [2.45, 2.75) is 13.3 Å². The Morgan fingerprint density at radius 2 is 2.05 bits per heavy atom. The number of benzene rings is 1. The standard InChI is InChI=1S/C27H24N8O2/c1-4-5-19(13-28-3)24-10-21(37-34-24)11-25(36)32-20-8-6-18(7-9-20)23-12-22-26(33-23)29-15-30-27(22)35-14-17(2)31-16-35/h4-10,12-16H,1,11H2,2-3H3,(H,32,36)(H,29,30,33)/b19-5+,28-13?. The highest BCUT2D eigenvalue weighted by molar-refractivity contribution is 6.09. The highest BCUT2D eigenvalue weighted by Gasteiger charge is 2.13. The highest BCUT2D eigenvalue weighted by Crippen LogP contribution is 2.27. The van der Waals surface area contributed by atoms with Crippen molar-refractivity contribution in [3.05, 3.63) is 91.1 Å². The van der Waals surface area contributed by atoms with Crippen LogP contribution < -0.4 is 5.32 Å². The molecule has 0 saturated heterocycles. The van der Waals surface area contributed by atoms with E-state index in [9.17, 15) is 4.79 Å². The molecule has 0 atom stereocenters. The monoisotopic (exact) mass is 492 g/mol. The van der Waals surface area contributed by atoms with Gasteiger partial charge in [-0.25, -0.2) is 15.0 Å². The van der Waals surface area contributed by atoms with Crippen molar-refractivity contribution >= 4 is 34.4 Å². The maximum absolute atomic E-state index is 12.6. The molecule has 0 unspecified atom stereocenters. The summed E-state index contributed by atoms with van der Waals surface area (Å²) in [6, 6.07) is 11.3. The predicted molar refractivity (Wildman–Crippen MR) is 143 cm³/mol. The number of amides is 1. The van der Waals surface area contributed by atoms with Crippen molar-refractivity contribution in [1.82, 2.24) is 29.7 Å². The molecule has 37 heavy (non-hydrogen) atoms. The number of aromatic nitrogens is 6. The molecule has 4 aromatic heterocycles. The summed E-state index contributed by atoms with van der Waals surface area (Å²) in [5.74, 6) is 0.989. The average molecular weight is 493 g/mol. The number of nitrogens with one attached hydrogen (secondary N) is 2. The molecule has 184 valence electrons. The zero-order valence-corrected chi connectivity index (χ0v) is 20.3. The largest absolute Gasteiger partial charge is 0.360 e. The number of allylic oxidation sites excluding steroid dienone is 3. The van der Waals surface area contributed by atoms with Gasteiger partial charge in [0.1, 0.15) is 29.8 Å². The Labute approximate surface area is 212 Å². The number of carbonyl (C=O) groups is 1. The molecule has 0 bridgehead atoms. The third-order valence-electron chi connectivity index (χ3n) is 5.60. The van der Waals surface area contributed by atoms with Crippen molar-refractivity contribution in [3.63, 3.8) is 0 Å². The maximum atomic E-state index is 12.6. The summed E-state index contributed by atoms with van der Waals surface area (Å²) in [5, 5.41) is 7.80. The summed E-state index contributed by atoms with van der Waals surface area (Å²) >= 11 is 0. The van der Waals surface area contributed by atoms with Crippen LogP contribution in [0.25, 0.3) is 33.7 Å². The third-order valence-corrected chi connectivity index (χ3v) is 5.60. The Balaban J connectivity index is 1.28. The number of fused-ring (bicyclic) bond motifs is 1. The van der Waals surface area contributed by atoms with Gasteiger partial charge in [-0.2, -0.15) is 0 Å². The first-order valence-electron chi connectivity index (χ1n) is 11.5. The SMILES string of the molecule is C=C/C=C(\C=NC)c1cc(CC(=O)Nc2ccc(-c3cc4c(-n5cnc(C)c5)ncnc4[nH]3)cc2)on1. The predicted octanol–water partition coefficient (Wildman–Crippen LogP) is 4.56. The van der Waals surface area contributed by atoms with Crippen LogP contribution in [0, 0.1) is 6.92 Å². The number of hydrogen-bond donors (Lipinski definition) is 2. The van der Waals surface area contributed by atoms with Crippen LogP contribution in [-0.4, -0.2) is 48.8 Å². The molecule has 10 heteroatoms. The lowest BCUT2D eigenvalue weighted by molar-refractivity contribution is -0.115. The normalized spacial score (nSPS) is 11.9. The minimum atomic E-state index is -0.213. The number of aliphatic imine (C=N–C) groups is 1. The molecule has 10 nitrogen and oxygen atoms in total. The Morgan fingerprint density at radius 3 is 2.78 bits per heavy atom. The molecule has 0 radical (unpaired) electrons. The van der Waals surface area contributed by atoms with E-state index in [4.69, 9.17) is 4.52 Å². The summed E-state index contributed by atoms with van der Waals surface area (Å²) < 4.78 is 7.20. The van der Waals surface area contributed by atoms with E-state index in [1.807, 2.05) is 48.0 Å². The lowest BCUT2D eigenvalue weighted by atomic mass is 10.1. The average Bonchev–Trinajstić information content (AvgIpc) is 3.64. The molecule has 0 spiro atoms. The molecule has 0 aliphatic heterocycles. The van der Waals surface area contributed by atoms with E-state index < -0.39 is 0 Å². The fraction of sp³-hybridized carbons (Fsp3) is 0.111. The van der Waals surface area contributed by atoms with Crippen LogP contribution >= 0.6 is 0 Å². The molecular weight excluding hydrogens is 468 g/mol. The minimum Gasteiger partial charge on any atom is -0.360 e. The van der Waals surface area contributed by atoms with E-state index in [1.54, 1.807) is 37.8 Å². The van der Waals surface area contributed by atoms with Gasteiger partial charge in [0.2, 0.25) is 5.91 Å². The minimum absolute atomic E-state index is 0.0522. The lowest BCUT2D eigenvalue weighted by Gasteiger charge is -2.05. The smallest absolute Gasteiger partial charge is 0.232 e. The number of nitrogens with zero attached hydrogens (tertiary/aromatic N) is 6. The number of carbonyl (C=O) groups excluding carboxylic acids is 1. The summed E-state index contributed by atoms with van der Waals surface area (Å²) in [6.07, 6.45) is 10.3. The Bertz CT molecular complexity index is 1640. The lowest BCUT2D eigenvalue weighted by Crippen LogP contribution is -2.13. The molecule has 5 aromatic rings. The second-order valence-corrected chi connectivity index (χ2v) is 8.29. The third kappa shape index (κ3) is 5.13. The number of hydrogen-bond acceptors (Lipinski definition) is 7. The summed E-state index contributed by atoms with van der Waals surface area (Å²) in [5.41, 5.74) is 5.48. The van der Waals surface area contributed by atoms with Crippen molar-refractivity contribution in [2.24, 2.45) is 4.99 Å². The molecular formula is C27H24N8O2. The van der Waals surface area contributed by atoms with Gasteiger partial charge < -0.3 is 14.8 Å². The summed E-state index contributed by atoms with van der Waals surface area (Å²) in [4.78, 5) is 33.0. The van der Waals surface area contributed by atoms with Gasteiger partial charge in [0.25, 0.3) is 0 Å². The van der Waals surface area contributed by atoms with E-state index in [2.05, 4.69) is 42.0 Å². The first-order chi connectivity index (χ1) is 18.0. The molecule has 1 aromatic carbocycles. The van der Waals surface area contributed by atoms with Gasteiger partial charge in [0, 0.05) is 42.5 Å². The number of aromatic amines is 1. The first-order valence-corrected chi connectivity index (χ1v) is 11.5. The second-order valence-electron chi connectivity index (χ2n) is 8.29. The molecule has 5 rings (SSSR count). The maximum Gasteiger partial charge on any atom is 0.232 e. The van der Waals surface area contributed by atoms with Gasteiger partial charge in [-0.15, -0.1) is 0 Å². The van der Waals surface area contributed by atoms with Crippen LogP contribution in [0.3, 0.4) is 0 Å². The Kier molecular flexibility index (Phi) is 6.54. The van der Waals surface area contributed by atoms with E-state index in [0.29, 0.717) is 17.1 Å². The van der Waals surface area contributed by atoms with Crippen LogP contribution in [0.5, 0.6) is 0 Å². The van der Waals surface area contributed by atoms with Gasteiger partial charge >= 0.3 is 0 Å². The highest BCUT2D eigenvalue weighted by atomic mass is 16.5. The molecule has 0 aliphatic rings. The number of anilines is 1. The molecule has 0 fully saturated rings. The number of rotatable bonds is 8. The van der Waals surface area contributed by atoms with Gasteiger partial charge in [0.15, 0.2) is 5.82 Å². The zero-order chi connectivity index (χ0) is 25.8. The fourth-order valence-corrected chi connectivity index (χ4v) is 3.91. The fourth-order valence-electron chi connectivity index (χ4n) is 3.91. The van der Waals surface area contributed by atoms with Crippen LogP contribution in [-0.2, 0) is 11.2 Å². The molecule has 1 amide bonds. The number of imidazole rings is 1. The summed E-state index contributed by atoms with van der Waals surface area (Å²) in [6.45, 7) is 5.62.